The summed E-state index contributed by atoms with van der Waals surface area (Å²) in [6, 6.07) is 0. The number of rotatable bonds is 3. The molecule has 0 radical (unpaired) electrons. The van der Waals surface area contributed by atoms with Crippen LogP contribution in [-0.4, -0.2) is 48.4 Å². The fourth-order valence-corrected chi connectivity index (χ4v) is 3.03. The molecule has 0 spiro atoms. The number of hydrogen-bond donors (Lipinski definition) is 0. The van der Waals surface area contributed by atoms with Gasteiger partial charge in [0.15, 0.2) is 10.6 Å². The Kier molecular flexibility index (Phi) is 4.00. The van der Waals surface area contributed by atoms with Crippen molar-refractivity contribution in [2.45, 2.75) is 0 Å². The fourth-order valence-electron chi connectivity index (χ4n) is 1.99. The van der Waals surface area contributed by atoms with Gasteiger partial charge in [-0.3, -0.25) is 0 Å². The molecule has 0 bridgehead atoms. The molecule has 0 aliphatic carbocycles. The molecular weight excluding hydrogens is 300 g/mol. The number of morpholine rings is 1. The van der Waals surface area contributed by atoms with E-state index >= 15 is 0 Å². The maximum atomic E-state index is 6.01. The molecule has 0 aromatic carbocycles. The van der Waals surface area contributed by atoms with Crippen molar-refractivity contribution in [2.75, 3.05) is 38.3 Å². The lowest BCUT2D eigenvalue weighted by molar-refractivity contribution is 0.122. The fraction of sp³-hybridized carbons (Fsp3) is 0.417. The van der Waals surface area contributed by atoms with Gasteiger partial charge >= 0.3 is 0 Å². The lowest BCUT2D eigenvalue weighted by Gasteiger charge is -2.27. The van der Waals surface area contributed by atoms with Crippen LogP contribution in [0.5, 0.6) is 0 Å². The van der Waals surface area contributed by atoms with Crippen LogP contribution in [0.15, 0.2) is 6.26 Å². The average Bonchev–Trinajstić information content (AvgIpc) is 2.87. The van der Waals surface area contributed by atoms with Gasteiger partial charge in [0.1, 0.15) is 10.5 Å². The number of halogens is 1. The van der Waals surface area contributed by atoms with Gasteiger partial charge in [-0.25, -0.2) is 9.97 Å². The van der Waals surface area contributed by atoms with E-state index < -0.39 is 0 Å². The van der Waals surface area contributed by atoms with E-state index in [-0.39, 0.29) is 5.28 Å². The minimum absolute atomic E-state index is 0.241. The molecule has 0 unspecified atom stereocenters. The van der Waals surface area contributed by atoms with Crippen LogP contribution < -0.4 is 4.90 Å². The van der Waals surface area contributed by atoms with Crippen molar-refractivity contribution in [3.05, 3.63) is 16.6 Å². The second kappa shape index (κ2) is 5.90. The van der Waals surface area contributed by atoms with E-state index in [2.05, 4.69) is 19.9 Å². The van der Waals surface area contributed by atoms with Crippen molar-refractivity contribution in [1.29, 1.82) is 0 Å². The van der Waals surface area contributed by atoms with Crippen molar-refractivity contribution >= 4 is 45.2 Å². The molecule has 0 amide bonds. The zero-order valence-electron chi connectivity index (χ0n) is 10.9. The van der Waals surface area contributed by atoms with E-state index in [0.29, 0.717) is 13.2 Å². The maximum Gasteiger partial charge on any atom is 0.225 e. The molecule has 1 aliphatic rings. The number of thiazole rings is 1. The SMILES string of the molecule is COC=Cc1nc2c(N3CCOCC3)nc(Cl)nc2s1. The molecule has 106 valence electrons. The normalized spacial score (nSPS) is 16.2. The zero-order chi connectivity index (χ0) is 13.9. The summed E-state index contributed by atoms with van der Waals surface area (Å²) in [5.74, 6) is 0.775. The average molecular weight is 313 g/mol. The lowest BCUT2D eigenvalue weighted by Crippen LogP contribution is -2.37. The highest BCUT2D eigenvalue weighted by atomic mass is 35.5. The summed E-state index contributed by atoms with van der Waals surface area (Å²) in [6.45, 7) is 2.93. The van der Waals surface area contributed by atoms with E-state index in [4.69, 9.17) is 21.1 Å². The minimum Gasteiger partial charge on any atom is -0.504 e. The maximum absolute atomic E-state index is 6.01. The van der Waals surface area contributed by atoms with Crippen LogP contribution in [0.25, 0.3) is 16.4 Å². The molecular formula is C12H13ClN4O2S. The Morgan fingerprint density at radius 1 is 1.30 bits per heavy atom. The third-order valence-electron chi connectivity index (χ3n) is 2.89. The molecule has 1 saturated heterocycles. The van der Waals surface area contributed by atoms with E-state index in [1.165, 1.54) is 11.3 Å². The molecule has 3 heterocycles. The van der Waals surface area contributed by atoms with Crippen LogP contribution in [0.4, 0.5) is 5.82 Å². The van der Waals surface area contributed by atoms with Crippen LogP contribution in [-0.2, 0) is 9.47 Å². The van der Waals surface area contributed by atoms with Crippen LogP contribution in [0.1, 0.15) is 5.01 Å². The smallest absolute Gasteiger partial charge is 0.225 e. The monoisotopic (exact) mass is 312 g/mol. The number of nitrogens with zero attached hydrogens (tertiary/aromatic N) is 4. The van der Waals surface area contributed by atoms with Gasteiger partial charge in [-0.1, -0.05) is 11.3 Å². The topological polar surface area (TPSA) is 60.4 Å². The van der Waals surface area contributed by atoms with Crippen molar-refractivity contribution in [2.24, 2.45) is 0 Å². The molecule has 1 fully saturated rings. The number of aromatic nitrogens is 3. The van der Waals surface area contributed by atoms with Gasteiger partial charge < -0.3 is 14.4 Å². The van der Waals surface area contributed by atoms with Gasteiger partial charge in [-0.15, -0.1) is 0 Å². The van der Waals surface area contributed by atoms with Crippen molar-refractivity contribution in [3.63, 3.8) is 0 Å². The van der Waals surface area contributed by atoms with Crippen LogP contribution >= 0.6 is 22.9 Å². The Balaban J connectivity index is 2.05. The Hall–Kier alpha value is -1.44. The highest BCUT2D eigenvalue weighted by Gasteiger charge is 2.19. The predicted molar refractivity (Wildman–Crippen MR) is 79.3 cm³/mol. The first-order chi connectivity index (χ1) is 9.78. The molecule has 0 N–H and O–H groups in total. The summed E-state index contributed by atoms with van der Waals surface area (Å²) in [5.41, 5.74) is 0.775. The first kappa shape index (κ1) is 13.5. The summed E-state index contributed by atoms with van der Waals surface area (Å²) in [7, 11) is 1.60. The molecule has 20 heavy (non-hydrogen) atoms. The number of methoxy groups -OCH3 is 1. The summed E-state index contributed by atoms with van der Waals surface area (Å²) in [4.78, 5) is 16.0. The molecule has 8 heteroatoms. The summed E-state index contributed by atoms with van der Waals surface area (Å²) < 4.78 is 10.3. The van der Waals surface area contributed by atoms with Gasteiger partial charge in [-0.05, 0) is 11.6 Å². The molecule has 0 atom stereocenters. The van der Waals surface area contributed by atoms with Crippen molar-refractivity contribution in [1.82, 2.24) is 15.0 Å². The Morgan fingerprint density at radius 3 is 2.85 bits per heavy atom. The second-order valence-corrected chi connectivity index (χ2v) is 5.51. The molecule has 6 nitrogen and oxygen atoms in total. The Bertz CT molecular complexity index is 640. The highest BCUT2D eigenvalue weighted by molar-refractivity contribution is 7.19. The number of hydrogen-bond acceptors (Lipinski definition) is 7. The first-order valence-electron chi connectivity index (χ1n) is 6.14. The minimum atomic E-state index is 0.241. The van der Waals surface area contributed by atoms with Crippen molar-refractivity contribution < 1.29 is 9.47 Å². The van der Waals surface area contributed by atoms with E-state index in [1.807, 2.05) is 0 Å². The van der Waals surface area contributed by atoms with Gasteiger partial charge in [0, 0.05) is 19.2 Å². The third-order valence-corrected chi connectivity index (χ3v) is 3.97. The summed E-state index contributed by atoms with van der Waals surface area (Å²) in [6.07, 6.45) is 3.38. The quantitative estimate of drug-likeness (QED) is 0.639. The van der Waals surface area contributed by atoms with Crippen molar-refractivity contribution in [3.8, 4) is 0 Å². The van der Waals surface area contributed by atoms with Crippen LogP contribution in [0.2, 0.25) is 5.28 Å². The van der Waals surface area contributed by atoms with E-state index in [0.717, 1.165) is 34.3 Å². The van der Waals surface area contributed by atoms with E-state index in [9.17, 15) is 0 Å². The van der Waals surface area contributed by atoms with Gasteiger partial charge in [0.05, 0.1) is 26.6 Å². The second-order valence-electron chi connectivity index (χ2n) is 4.16. The summed E-state index contributed by atoms with van der Waals surface area (Å²) in [5, 5.41) is 1.05. The van der Waals surface area contributed by atoms with Gasteiger partial charge in [-0.2, -0.15) is 4.98 Å². The third kappa shape index (κ3) is 2.70. The lowest BCUT2D eigenvalue weighted by atomic mass is 10.4. The number of anilines is 1. The van der Waals surface area contributed by atoms with Gasteiger partial charge in [0.2, 0.25) is 5.28 Å². The first-order valence-corrected chi connectivity index (χ1v) is 7.33. The molecule has 2 aromatic heterocycles. The summed E-state index contributed by atoms with van der Waals surface area (Å²) >= 11 is 7.47. The van der Waals surface area contributed by atoms with E-state index in [1.54, 1.807) is 19.4 Å². The molecule has 1 aliphatic heterocycles. The largest absolute Gasteiger partial charge is 0.504 e. The molecule has 3 rings (SSSR count). The number of ether oxygens (including phenoxy) is 2. The Morgan fingerprint density at radius 2 is 2.10 bits per heavy atom. The molecule has 2 aromatic rings. The predicted octanol–water partition coefficient (Wildman–Crippen LogP) is 2.19. The highest BCUT2D eigenvalue weighted by Crippen LogP contribution is 2.30. The van der Waals surface area contributed by atoms with Crippen LogP contribution in [0, 0.1) is 0 Å². The zero-order valence-corrected chi connectivity index (χ0v) is 12.4. The molecule has 0 saturated carbocycles. The number of fused-ring (bicyclic) bond motifs is 1. The Labute approximate surface area is 125 Å². The van der Waals surface area contributed by atoms with Crippen LogP contribution in [0.3, 0.4) is 0 Å². The van der Waals surface area contributed by atoms with Gasteiger partial charge in [0.25, 0.3) is 0 Å². The standard InChI is InChI=1S/C12H13ClN4O2S/c1-18-5-2-8-14-9-10(17-3-6-19-7-4-17)15-12(13)16-11(9)20-8/h2,5H,3-4,6-7H2,1H3.